The number of hydrogen-bond donors (Lipinski definition) is 1. The SMILES string of the molecule is C[B]C(O)c1cc(C#N)ccc1Br. The van der Waals surface area contributed by atoms with E-state index in [9.17, 15) is 5.11 Å². The van der Waals surface area contributed by atoms with Crippen LogP contribution in [0.3, 0.4) is 0 Å². The summed E-state index contributed by atoms with van der Waals surface area (Å²) in [4.78, 5) is 0. The molecule has 0 heterocycles. The molecule has 0 fully saturated rings. The van der Waals surface area contributed by atoms with Gasteiger partial charge in [0.1, 0.15) is 0 Å². The summed E-state index contributed by atoms with van der Waals surface area (Å²) in [6, 6.07) is 6.55. The van der Waals surface area contributed by atoms with Gasteiger partial charge in [-0.15, -0.1) is 0 Å². The summed E-state index contributed by atoms with van der Waals surface area (Å²) in [6.07, 6.45) is 0. The van der Waals surface area contributed by atoms with Crippen molar-refractivity contribution in [3.63, 3.8) is 0 Å². The van der Waals surface area contributed by atoms with E-state index in [1.54, 1.807) is 32.3 Å². The number of benzene rings is 1. The number of hydrogen-bond acceptors (Lipinski definition) is 2. The number of halogens is 1. The van der Waals surface area contributed by atoms with Gasteiger partial charge in [0.2, 0.25) is 0 Å². The molecule has 1 N–H and O–H groups in total. The Labute approximate surface area is 86.6 Å². The second-order valence-corrected chi connectivity index (χ2v) is 3.48. The Hall–Kier alpha value is -0.785. The average molecular weight is 237 g/mol. The number of aliphatic hydroxyl groups excluding tert-OH is 1. The highest BCUT2D eigenvalue weighted by molar-refractivity contribution is 9.10. The lowest BCUT2D eigenvalue weighted by Crippen LogP contribution is -2.04. The maximum Gasteiger partial charge on any atom is 0.151 e. The van der Waals surface area contributed by atoms with Crippen LogP contribution in [0, 0.1) is 11.3 Å². The first kappa shape index (κ1) is 10.3. The first-order valence-corrected chi connectivity index (χ1v) is 4.65. The predicted octanol–water partition coefficient (Wildman–Crippen LogP) is 2.06. The molecule has 1 aromatic rings. The van der Waals surface area contributed by atoms with Gasteiger partial charge in [-0.05, 0) is 23.8 Å². The van der Waals surface area contributed by atoms with Gasteiger partial charge in [-0.2, -0.15) is 5.26 Å². The molecule has 0 saturated carbocycles. The molecule has 0 amide bonds. The van der Waals surface area contributed by atoms with Gasteiger partial charge in [0.05, 0.1) is 11.6 Å². The summed E-state index contributed by atoms with van der Waals surface area (Å²) in [7, 11) is 1.67. The zero-order valence-electron chi connectivity index (χ0n) is 7.16. The molecule has 0 bridgehead atoms. The summed E-state index contributed by atoms with van der Waals surface area (Å²) >= 11 is 3.31. The maximum atomic E-state index is 9.54. The zero-order chi connectivity index (χ0) is 9.84. The first-order chi connectivity index (χ1) is 6.19. The molecule has 13 heavy (non-hydrogen) atoms. The van der Waals surface area contributed by atoms with Crippen LogP contribution in [0.5, 0.6) is 0 Å². The van der Waals surface area contributed by atoms with E-state index in [1.165, 1.54) is 0 Å². The second kappa shape index (κ2) is 4.45. The predicted molar refractivity (Wildman–Crippen MR) is 55.4 cm³/mol. The van der Waals surface area contributed by atoms with Crippen molar-refractivity contribution in [1.29, 1.82) is 5.26 Å². The third-order valence-electron chi connectivity index (χ3n) is 1.76. The van der Waals surface area contributed by atoms with Gasteiger partial charge in [0.15, 0.2) is 7.28 Å². The molecule has 0 saturated heterocycles. The lowest BCUT2D eigenvalue weighted by molar-refractivity contribution is 0.258. The van der Waals surface area contributed by atoms with Crippen LogP contribution in [0.15, 0.2) is 22.7 Å². The van der Waals surface area contributed by atoms with Crippen molar-refractivity contribution in [2.45, 2.75) is 12.8 Å². The maximum absolute atomic E-state index is 9.54. The molecular weight excluding hydrogens is 229 g/mol. The minimum absolute atomic E-state index is 0.555. The zero-order valence-corrected chi connectivity index (χ0v) is 8.75. The molecule has 1 aromatic carbocycles. The van der Waals surface area contributed by atoms with E-state index in [-0.39, 0.29) is 0 Å². The van der Waals surface area contributed by atoms with Crippen LogP contribution in [0.2, 0.25) is 6.82 Å². The van der Waals surface area contributed by atoms with Crippen LogP contribution in [-0.4, -0.2) is 12.4 Å². The van der Waals surface area contributed by atoms with E-state index < -0.39 is 6.00 Å². The fourth-order valence-electron chi connectivity index (χ4n) is 1.02. The minimum Gasteiger partial charge on any atom is -0.398 e. The molecular formula is C9H8BBrNO. The third kappa shape index (κ3) is 2.33. The molecule has 4 heteroatoms. The monoisotopic (exact) mass is 236 g/mol. The van der Waals surface area contributed by atoms with Crippen LogP contribution < -0.4 is 0 Å². The fraction of sp³-hybridized carbons (Fsp3) is 0.222. The molecule has 0 aliphatic heterocycles. The number of rotatable bonds is 2. The van der Waals surface area contributed by atoms with Crippen molar-refractivity contribution >= 4 is 23.2 Å². The van der Waals surface area contributed by atoms with E-state index in [1.807, 2.05) is 6.07 Å². The van der Waals surface area contributed by atoms with E-state index >= 15 is 0 Å². The molecule has 1 unspecified atom stereocenters. The molecule has 2 nitrogen and oxygen atoms in total. The molecule has 0 aliphatic carbocycles. The van der Waals surface area contributed by atoms with Crippen molar-refractivity contribution < 1.29 is 5.11 Å². The van der Waals surface area contributed by atoms with Crippen LogP contribution in [0.4, 0.5) is 0 Å². The quantitative estimate of drug-likeness (QED) is 0.800. The van der Waals surface area contributed by atoms with E-state index in [2.05, 4.69) is 15.9 Å². The summed E-state index contributed by atoms with van der Waals surface area (Å²) < 4.78 is 0.817. The standard InChI is InChI=1S/C9H8BBrNO/c1-10-9(13)7-4-6(5-12)2-3-8(7)11/h2-4,9,13H,1H3. The van der Waals surface area contributed by atoms with Crippen LogP contribution in [-0.2, 0) is 0 Å². The Kier molecular flexibility index (Phi) is 3.53. The Morgan fingerprint density at radius 3 is 2.85 bits per heavy atom. The van der Waals surface area contributed by atoms with E-state index in [0.717, 1.165) is 10.0 Å². The Bertz CT molecular complexity index is 348. The van der Waals surface area contributed by atoms with Crippen molar-refractivity contribution in [3.05, 3.63) is 33.8 Å². The Morgan fingerprint density at radius 2 is 2.31 bits per heavy atom. The normalized spacial score (nSPS) is 11.8. The Morgan fingerprint density at radius 1 is 1.62 bits per heavy atom. The van der Waals surface area contributed by atoms with Gasteiger partial charge < -0.3 is 5.11 Å². The Balaban J connectivity index is 3.12. The van der Waals surface area contributed by atoms with Gasteiger partial charge in [0, 0.05) is 10.5 Å². The molecule has 0 aliphatic rings. The van der Waals surface area contributed by atoms with Crippen LogP contribution >= 0.6 is 15.9 Å². The number of nitrogens with zero attached hydrogens (tertiary/aromatic N) is 1. The van der Waals surface area contributed by atoms with Gasteiger partial charge >= 0.3 is 0 Å². The minimum atomic E-state index is -0.623. The van der Waals surface area contributed by atoms with Crippen molar-refractivity contribution in [1.82, 2.24) is 0 Å². The highest BCUT2D eigenvalue weighted by atomic mass is 79.9. The molecule has 65 valence electrons. The van der Waals surface area contributed by atoms with Gasteiger partial charge in [-0.3, -0.25) is 0 Å². The second-order valence-electron chi connectivity index (χ2n) is 2.63. The highest BCUT2D eigenvalue weighted by Crippen LogP contribution is 2.23. The molecule has 1 rings (SSSR count). The summed E-state index contributed by atoms with van der Waals surface area (Å²) in [5.74, 6) is 0. The number of aliphatic hydroxyl groups is 1. The largest absolute Gasteiger partial charge is 0.398 e. The molecule has 0 aromatic heterocycles. The van der Waals surface area contributed by atoms with Crippen LogP contribution in [0.25, 0.3) is 0 Å². The van der Waals surface area contributed by atoms with Crippen molar-refractivity contribution in [2.24, 2.45) is 0 Å². The van der Waals surface area contributed by atoms with E-state index in [0.29, 0.717) is 5.56 Å². The fourth-order valence-corrected chi connectivity index (χ4v) is 1.50. The third-order valence-corrected chi connectivity index (χ3v) is 2.48. The van der Waals surface area contributed by atoms with Gasteiger partial charge in [-0.25, -0.2) is 0 Å². The smallest absolute Gasteiger partial charge is 0.151 e. The van der Waals surface area contributed by atoms with Crippen molar-refractivity contribution in [2.75, 3.05) is 0 Å². The molecule has 0 spiro atoms. The topological polar surface area (TPSA) is 44.0 Å². The van der Waals surface area contributed by atoms with Crippen LogP contribution in [0.1, 0.15) is 17.1 Å². The first-order valence-electron chi connectivity index (χ1n) is 3.86. The van der Waals surface area contributed by atoms with Crippen molar-refractivity contribution in [3.8, 4) is 6.07 Å². The summed E-state index contributed by atoms with van der Waals surface area (Å²) in [6.45, 7) is 1.77. The number of nitriles is 1. The lowest BCUT2D eigenvalue weighted by Gasteiger charge is -2.09. The van der Waals surface area contributed by atoms with Gasteiger partial charge in [0.25, 0.3) is 0 Å². The van der Waals surface area contributed by atoms with Gasteiger partial charge in [-0.1, -0.05) is 22.8 Å². The highest BCUT2D eigenvalue weighted by Gasteiger charge is 2.10. The average Bonchev–Trinajstić information content (AvgIpc) is 2.17. The summed E-state index contributed by atoms with van der Waals surface area (Å²) in [5.41, 5.74) is 1.28. The lowest BCUT2D eigenvalue weighted by atomic mass is 9.71. The molecule has 1 atom stereocenters. The molecule has 1 radical (unpaired) electrons. The summed E-state index contributed by atoms with van der Waals surface area (Å²) in [5, 5.41) is 18.2. The van der Waals surface area contributed by atoms with E-state index in [4.69, 9.17) is 5.26 Å².